The maximum atomic E-state index is 9.06. The maximum absolute atomic E-state index is 9.06. The number of nitrogens with two attached hydrogens (primary N) is 1. The molecule has 2 rings (SSSR count). The fraction of sp³-hybridized carbons (Fsp3) is 0.412. The number of rotatable bonds is 6. The van der Waals surface area contributed by atoms with Gasteiger partial charge >= 0.3 is 0 Å². The Hall–Kier alpha value is -2.14. The van der Waals surface area contributed by atoms with E-state index in [0.29, 0.717) is 25.4 Å². The highest BCUT2D eigenvalue weighted by Gasteiger charge is 2.25. The van der Waals surface area contributed by atoms with Crippen LogP contribution < -0.4 is 11.1 Å². The minimum atomic E-state index is 0.312. The summed E-state index contributed by atoms with van der Waals surface area (Å²) in [5, 5.41) is 1.75. The normalized spacial score (nSPS) is 13.8. The lowest BCUT2D eigenvalue weighted by atomic mass is 10.1. The molecule has 1 aromatic carbocycles. The van der Waals surface area contributed by atoms with E-state index >= 15 is 0 Å². The lowest BCUT2D eigenvalue weighted by Gasteiger charge is -2.27. The molecule has 1 heterocycles. The van der Waals surface area contributed by atoms with E-state index in [1.165, 1.54) is 35.2 Å². The lowest BCUT2D eigenvalue weighted by molar-refractivity contribution is -0.117. The molecule has 5 nitrogen and oxygen atoms in total. The summed E-state index contributed by atoms with van der Waals surface area (Å²) in [7, 11) is 0. The van der Waals surface area contributed by atoms with Gasteiger partial charge in [0, 0.05) is 30.4 Å². The van der Waals surface area contributed by atoms with Crippen LogP contribution in [0.5, 0.6) is 0 Å². The zero-order valence-corrected chi connectivity index (χ0v) is 13.3. The summed E-state index contributed by atoms with van der Waals surface area (Å²) in [5.74, 6) is 0. The van der Waals surface area contributed by atoms with Crippen LogP contribution in [0.3, 0.4) is 0 Å². The summed E-state index contributed by atoms with van der Waals surface area (Å²) in [6.07, 6.45) is 3.06. The minimum Gasteiger partial charge on any atom is -0.364 e. The topological polar surface area (TPSA) is 75.4 Å². The fourth-order valence-electron chi connectivity index (χ4n) is 2.64. The minimum absolute atomic E-state index is 0.312. The van der Waals surface area contributed by atoms with Crippen molar-refractivity contribution in [3.63, 3.8) is 0 Å². The van der Waals surface area contributed by atoms with Crippen molar-refractivity contribution in [3.8, 4) is 0 Å². The third-order valence-electron chi connectivity index (χ3n) is 3.78. The van der Waals surface area contributed by atoms with E-state index in [1.807, 2.05) is 0 Å². The number of benzene rings is 1. The lowest BCUT2D eigenvalue weighted by Crippen LogP contribution is -2.26. The number of carbonyl (C=O) groups is 2. The molecule has 1 unspecified atom stereocenters. The van der Waals surface area contributed by atoms with Gasteiger partial charge in [-0.15, -0.1) is 0 Å². The Morgan fingerprint density at radius 1 is 1.41 bits per heavy atom. The highest BCUT2D eigenvalue weighted by Crippen LogP contribution is 2.34. The van der Waals surface area contributed by atoms with Gasteiger partial charge in [0.05, 0.1) is 0 Å². The zero-order valence-electron chi connectivity index (χ0n) is 13.3. The van der Waals surface area contributed by atoms with Crippen molar-refractivity contribution >= 4 is 18.5 Å². The molecule has 0 fully saturated rings. The molecule has 1 aliphatic heterocycles. The first kappa shape index (κ1) is 17.9. The Morgan fingerprint density at radius 2 is 2.09 bits per heavy atom. The summed E-state index contributed by atoms with van der Waals surface area (Å²) >= 11 is 0. The van der Waals surface area contributed by atoms with E-state index < -0.39 is 0 Å². The van der Waals surface area contributed by atoms with Gasteiger partial charge in [-0.25, -0.2) is 0 Å². The predicted molar refractivity (Wildman–Crippen MR) is 88.5 cm³/mol. The van der Waals surface area contributed by atoms with Gasteiger partial charge in [0.15, 0.2) is 0 Å². The van der Waals surface area contributed by atoms with Crippen LogP contribution in [0.2, 0.25) is 0 Å². The number of hydrogen-bond acceptors (Lipinski definition) is 4. The highest BCUT2D eigenvalue weighted by atomic mass is 16.2. The third kappa shape index (κ3) is 4.43. The molecule has 2 amide bonds. The van der Waals surface area contributed by atoms with E-state index in [4.69, 9.17) is 15.3 Å². The number of fused-ring (bicyclic) bond motifs is 1. The SMILES string of the molecule is C=C1c2ccc(CN)cc2CN1C(C)CCC.O=CNC=O. The third-order valence-corrected chi connectivity index (χ3v) is 3.78. The van der Waals surface area contributed by atoms with Gasteiger partial charge in [-0.3, -0.25) is 9.59 Å². The summed E-state index contributed by atoms with van der Waals surface area (Å²) in [5.41, 5.74) is 10.7. The molecule has 1 aliphatic rings. The first-order valence-electron chi connectivity index (χ1n) is 7.50. The van der Waals surface area contributed by atoms with Gasteiger partial charge in [0.1, 0.15) is 0 Å². The van der Waals surface area contributed by atoms with Gasteiger partial charge in [0.2, 0.25) is 12.8 Å². The Labute approximate surface area is 132 Å². The molecule has 0 saturated heterocycles. The molecule has 0 aromatic heterocycles. The van der Waals surface area contributed by atoms with Crippen molar-refractivity contribution in [2.75, 3.05) is 0 Å². The summed E-state index contributed by atoms with van der Waals surface area (Å²) in [6.45, 7) is 10.3. The van der Waals surface area contributed by atoms with Crippen LogP contribution in [-0.4, -0.2) is 23.8 Å². The fourth-order valence-corrected chi connectivity index (χ4v) is 2.64. The molecular weight excluding hydrogens is 278 g/mol. The molecule has 0 spiro atoms. The van der Waals surface area contributed by atoms with E-state index in [1.54, 1.807) is 5.32 Å². The van der Waals surface area contributed by atoms with Crippen LogP contribution in [-0.2, 0) is 22.7 Å². The Morgan fingerprint density at radius 3 is 2.59 bits per heavy atom. The average molecular weight is 303 g/mol. The molecule has 120 valence electrons. The van der Waals surface area contributed by atoms with E-state index in [-0.39, 0.29) is 0 Å². The van der Waals surface area contributed by atoms with E-state index in [9.17, 15) is 0 Å². The molecule has 0 aliphatic carbocycles. The van der Waals surface area contributed by atoms with Gasteiger partial charge in [-0.1, -0.05) is 38.1 Å². The number of amides is 2. The first-order valence-corrected chi connectivity index (χ1v) is 7.50. The largest absolute Gasteiger partial charge is 0.364 e. The number of nitrogens with zero attached hydrogens (tertiary/aromatic N) is 1. The molecule has 1 atom stereocenters. The van der Waals surface area contributed by atoms with Crippen LogP contribution in [0.4, 0.5) is 0 Å². The first-order chi connectivity index (χ1) is 10.6. The molecule has 3 N–H and O–H groups in total. The standard InChI is InChI=1S/C15H22N2.C2H3NO2/c1-4-5-11(2)17-10-14-8-13(9-16)6-7-15(14)12(17)3;4-1-3-2-5/h6-8,11H,3-5,9-10,16H2,1-2H3;1-2H,(H,3,4,5). The van der Waals surface area contributed by atoms with Gasteiger partial charge in [-0.05, 0) is 24.5 Å². The molecular formula is C17H25N3O2. The molecule has 0 radical (unpaired) electrons. The number of carbonyl (C=O) groups excluding carboxylic acids is 2. The number of nitrogens with one attached hydrogen (secondary N) is 1. The quantitative estimate of drug-likeness (QED) is 0.788. The smallest absolute Gasteiger partial charge is 0.213 e. The summed E-state index contributed by atoms with van der Waals surface area (Å²) in [6, 6.07) is 7.07. The molecule has 0 bridgehead atoms. The van der Waals surface area contributed by atoms with Crippen molar-refractivity contribution in [1.29, 1.82) is 0 Å². The van der Waals surface area contributed by atoms with Crippen LogP contribution in [0.1, 0.15) is 43.4 Å². The van der Waals surface area contributed by atoms with E-state index in [2.05, 4.69) is 43.5 Å². The molecule has 22 heavy (non-hydrogen) atoms. The Kier molecular flexibility index (Phi) is 7.32. The van der Waals surface area contributed by atoms with Crippen molar-refractivity contribution < 1.29 is 9.59 Å². The monoisotopic (exact) mass is 303 g/mol. The zero-order chi connectivity index (χ0) is 16.5. The van der Waals surface area contributed by atoms with Gasteiger partial charge < -0.3 is 16.0 Å². The van der Waals surface area contributed by atoms with Gasteiger partial charge in [-0.2, -0.15) is 0 Å². The number of imide groups is 1. The summed E-state index contributed by atoms with van der Waals surface area (Å²) in [4.78, 5) is 20.5. The van der Waals surface area contributed by atoms with Crippen LogP contribution >= 0.6 is 0 Å². The average Bonchev–Trinajstić information content (AvgIpc) is 2.85. The summed E-state index contributed by atoms with van der Waals surface area (Å²) < 4.78 is 0. The van der Waals surface area contributed by atoms with E-state index in [0.717, 1.165) is 6.54 Å². The Balaban J connectivity index is 0.000000422. The van der Waals surface area contributed by atoms with Crippen molar-refractivity contribution in [1.82, 2.24) is 10.2 Å². The molecule has 1 aromatic rings. The van der Waals surface area contributed by atoms with Crippen LogP contribution in [0, 0.1) is 0 Å². The highest BCUT2D eigenvalue weighted by molar-refractivity contribution is 5.69. The second-order valence-corrected chi connectivity index (χ2v) is 5.31. The Bertz CT molecular complexity index is 523. The van der Waals surface area contributed by atoms with Crippen LogP contribution in [0.25, 0.3) is 5.70 Å². The second-order valence-electron chi connectivity index (χ2n) is 5.31. The molecule has 5 heteroatoms. The van der Waals surface area contributed by atoms with Crippen molar-refractivity contribution in [2.24, 2.45) is 5.73 Å². The van der Waals surface area contributed by atoms with Crippen molar-refractivity contribution in [2.45, 2.75) is 45.8 Å². The van der Waals surface area contributed by atoms with Crippen LogP contribution in [0.15, 0.2) is 24.8 Å². The van der Waals surface area contributed by atoms with Gasteiger partial charge in [0.25, 0.3) is 0 Å². The predicted octanol–water partition coefficient (Wildman–Crippen LogP) is 2.01. The second kappa shape index (κ2) is 9.00. The maximum Gasteiger partial charge on any atom is 0.213 e. The van der Waals surface area contributed by atoms with Crippen molar-refractivity contribution in [3.05, 3.63) is 41.5 Å². The number of hydrogen-bond donors (Lipinski definition) is 2. The molecule has 0 saturated carbocycles.